The van der Waals surface area contributed by atoms with Crippen LogP contribution in [0.15, 0.2) is 11.6 Å². The molecular weight excluding hydrogens is 346 g/mol. The molecule has 1 aliphatic heterocycles. The molecule has 5 heteroatoms. The van der Waals surface area contributed by atoms with E-state index >= 15 is 0 Å². The fourth-order valence-corrected chi connectivity index (χ4v) is 3.86. The van der Waals surface area contributed by atoms with Crippen LogP contribution in [-0.2, 0) is 4.79 Å². The molecule has 0 saturated heterocycles. The van der Waals surface area contributed by atoms with E-state index in [4.69, 9.17) is 0 Å². The molecule has 1 N–H and O–H groups in total. The van der Waals surface area contributed by atoms with Crippen LogP contribution in [0.25, 0.3) is 5.57 Å². The van der Waals surface area contributed by atoms with Crippen LogP contribution in [0.1, 0.15) is 67.1 Å². The van der Waals surface area contributed by atoms with E-state index in [0.717, 1.165) is 41.6 Å². The highest BCUT2D eigenvalue weighted by atomic mass is 32.1. The van der Waals surface area contributed by atoms with E-state index in [2.05, 4.69) is 39.5 Å². The summed E-state index contributed by atoms with van der Waals surface area (Å²) in [4.78, 5) is 26.8. The maximum Gasteiger partial charge on any atom is 0.248 e. The molecule has 1 aliphatic rings. The van der Waals surface area contributed by atoms with Crippen LogP contribution in [-0.4, -0.2) is 41.9 Å². The van der Waals surface area contributed by atoms with Crippen LogP contribution in [0.3, 0.4) is 0 Å². The number of aldehydes is 1. The molecule has 0 aromatic carbocycles. The van der Waals surface area contributed by atoms with E-state index in [1.54, 1.807) is 4.90 Å². The highest BCUT2D eigenvalue weighted by Crippen LogP contribution is 2.34. The van der Waals surface area contributed by atoms with Crippen molar-refractivity contribution in [1.82, 2.24) is 4.90 Å². The van der Waals surface area contributed by atoms with E-state index in [1.807, 2.05) is 6.07 Å². The molecule has 0 aliphatic carbocycles. The first-order valence-corrected chi connectivity index (χ1v) is 9.82. The van der Waals surface area contributed by atoms with Crippen LogP contribution < -0.4 is 0 Å². The Bertz CT molecular complexity index is 771. The first-order chi connectivity index (χ1) is 12.3. The molecule has 0 bridgehead atoms. The van der Waals surface area contributed by atoms with Gasteiger partial charge in [0.2, 0.25) is 5.91 Å². The van der Waals surface area contributed by atoms with Gasteiger partial charge < -0.3 is 10.0 Å². The molecule has 26 heavy (non-hydrogen) atoms. The minimum atomic E-state index is -0.483. The molecule has 0 spiro atoms. The Balaban J connectivity index is 2.46. The van der Waals surface area contributed by atoms with Crippen LogP contribution >= 0.6 is 11.3 Å². The van der Waals surface area contributed by atoms with Crippen LogP contribution in [0.2, 0.25) is 0 Å². The summed E-state index contributed by atoms with van der Waals surface area (Å²) < 4.78 is 0. The monoisotopic (exact) mass is 373 g/mol. The lowest BCUT2D eigenvalue weighted by molar-refractivity contribution is -0.133. The molecule has 140 valence electrons. The summed E-state index contributed by atoms with van der Waals surface area (Å²) in [7, 11) is 0. The largest absolute Gasteiger partial charge is 0.387 e. The second-order valence-electron chi connectivity index (χ2n) is 7.56. The number of carbonyl (C=O) groups excluding carboxylic acids is 2. The van der Waals surface area contributed by atoms with Crippen LogP contribution in [0.4, 0.5) is 0 Å². The van der Waals surface area contributed by atoms with Gasteiger partial charge in [0, 0.05) is 24.1 Å². The fourth-order valence-electron chi connectivity index (χ4n) is 3.01. The number of aliphatic hydroxyl groups excluding tert-OH is 1. The fraction of sp³-hybridized carbons (Fsp3) is 0.524. The van der Waals surface area contributed by atoms with Gasteiger partial charge in [0.05, 0.1) is 9.75 Å². The Morgan fingerprint density at radius 1 is 1.42 bits per heavy atom. The number of amides is 1. The topological polar surface area (TPSA) is 57.6 Å². The Morgan fingerprint density at radius 2 is 2.15 bits per heavy atom. The molecule has 1 aromatic heterocycles. The van der Waals surface area contributed by atoms with Gasteiger partial charge in [0.15, 0.2) is 6.29 Å². The summed E-state index contributed by atoms with van der Waals surface area (Å²) in [5.41, 5.74) is 3.13. The molecule has 4 nitrogen and oxygen atoms in total. The van der Waals surface area contributed by atoms with Gasteiger partial charge in [-0.3, -0.25) is 9.59 Å². The lowest BCUT2D eigenvalue weighted by atomic mass is 9.91. The molecule has 0 atom stereocenters. The maximum atomic E-state index is 11.9. The summed E-state index contributed by atoms with van der Waals surface area (Å²) in [6.07, 6.45) is 3.63. The highest BCUT2D eigenvalue weighted by molar-refractivity contribution is 7.14. The molecule has 1 amide bonds. The van der Waals surface area contributed by atoms with Crippen molar-refractivity contribution < 1.29 is 14.7 Å². The number of hydrogen-bond acceptors (Lipinski definition) is 4. The highest BCUT2D eigenvalue weighted by Gasteiger charge is 2.25. The first-order valence-electron chi connectivity index (χ1n) is 9.01. The number of hydrogen-bond donors (Lipinski definition) is 1. The quantitative estimate of drug-likeness (QED) is 0.632. The smallest absolute Gasteiger partial charge is 0.248 e. The number of thiophene rings is 1. The zero-order valence-corrected chi connectivity index (χ0v) is 16.8. The number of carbonyl (C=O) groups is 2. The Hall–Kier alpha value is -1.90. The Kier molecular flexibility index (Phi) is 6.80. The third-order valence-corrected chi connectivity index (χ3v) is 5.23. The van der Waals surface area contributed by atoms with Gasteiger partial charge in [-0.25, -0.2) is 0 Å². The van der Waals surface area contributed by atoms with Crippen molar-refractivity contribution in [2.45, 2.75) is 47.0 Å². The lowest BCUT2D eigenvalue weighted by Crippen LogP contribution is -2.38. The normalized spacial score (nSPS) is 14.9. The predicted molar refractivity (Wildman–Crippen MR) is 106 cm³/mol. The average molecular weight is 374 g/mol. The molecule has 2 heterocycles. The predicted octanol–water partition coefficient (Wildman–Crippen LogP) is 3.74. The van der Waals surface area contributed by atoms with E-state index < -0.39 is 6.61 Å². The van der Waals surface area contributed by atoms with Gasteiger partial charge in [-0.15, -0.1) is 11.3 Å². The molecule has 0 fully saturated rings. The van der Waals surface area contributed by atoms with Crippen molar-refractivity contribution in [2.75, 3.05) is 19.7 Å². The average Bonchev–Trinajstić information content (AvgIpc) is 3.02. The van der Waals surface area contributed by atoms with E-state index in [1.165, 1.54) is 16.9 Å². The van der Waals surface area contributed by atoms with Crippen molar-refractivity contribution in [2.24, 2.45) is 5.41 Å². The minimum absolute atomic E-state index is 0.104. The van der Waals surface area contributed by atoms with E-state index in [0.29, 0.717) is 18.0 Å². The molecule has 0 radical (unpaired) electrons. The zero-order chi connectivity index (χ0) is 19.3. The zero-order valence-electron chi connectivity index (χ0n) is 16.0. The van der Waals surface area contributed by atoms with Gasteiger partial charge in [0.25, 0.3) is 0 Å². The summed E-state index contributed by atoms with van der Waals surface area (Å²) >= 11 is 1.40. The van der Waals surface area contributed by atoms with Crippen molar-refractivity contribution in [1.29, 1.82) is 0 Å². The van der Waals surface area contributed by atoms with E-state index in [-0.39, 0.29) is 11.3 Å². The van der Waals surface area contributed by atoms with E-state index in [9.17, 15) is 14.7 Å². The van der Waals surface area contributed by atoms with Crippen LogP contribution in [0.5, 0.6) is 0 Å². The Morgan fingerprint density at radius 3 is 2.73 bits per heavy atom. The standard InChI is InChI=1S/C21H27NO3S/c1-5-6-15-8-10-22(20(25)14-24)12-18(15)17-11-16(26-19(17)13-23)7-9-21(2,3)4/h11,13,24H,5-6,8,10,12,14H2,1-4H3. The third kappa shape index (κ3) is 5.06. The van der Waals surface area contributed by atoms with Gasteiger partial charge in [-0.1, -0.05) is 30.8 Å². The molecule has 0 saturated carbocycles. The second-order valence-corrected chi connectivity index (χ2v) is 8.65. The van der Waals surface area contributed by atoms with Crippen molar-refractivity contribution in [3.8, 4) is 11.8 Å². The van der Waals surface area contributed by atoms with Gasteiger partial charge in [-0.05, 0) is 45.3 Å². The van der Waals surface area contributed by atoms with Gasteiger partial charge in [-0.2, -0.15) is 0 Å². The van der Waals surface area contributed by atoms with Crippen LogP contribution in [0, 0.1) is 17.3 Å². The SMILES string of the molecule is CCCC1=C(c2cc(C#CC(C)(C)C)sc2C=O)CN(C(=O)CO)CC1. The molecule has 1 aromatic rings. The maximum absolute atomic E-state index is 11.9. The molecule has 2 rings (SSSR count). The Labute approximate surface area is 159 Å². The molecular formula is C21H27NO3S. The number of rotatable bonds is 5. The van der Waals surface area contributed by atoms with Gasteiger partial charge in [0.1, 0.15) is 6.61 Å². The van der Waals surface area contributed by atoms with Crippen molar-refractivity contribution in [3.05, 3.63) is 27.0 Å². The first kappa shape index (κ1) is 20.4. The van der Waals surface area contributed by atoms with Crippen molar-refractivity contribution in [3.63, 3.8) is 0 Å². The summed E-state index contributed by atoms with van der Waals surface area (Å²) in [5.74, 6) is 6.12. The number of nitrogens with zero attached hydrogens (tertiary/aromatic N) is 1. The number of aliphatic hydroxyl groups is 1. The summed E-state index contributed by atoms with van der Waals surface area (Å²) in [6.45, 7) is 8.87. The summed E-state index contributed by atoms with van der Waals surface area (Å²) in [6, 6.07) is 1.98. The minimum Gasteiger partial charge on any atom is -0.387 e. The lowest BCUT2D eigenvalue weighted by Gasteiger charge is -2.31. The summed E-state index contributed by atoms with van der Waals surface area (Å²) in [5, 5.41) is 9.18. The second kappa shape index (κ2) is 8.66. The third-order valence-electron chi connectivity index (χ3n) is 4.25. The van der Waals surface area contributed by atoms with Crippen molar-refractivity contribution >= 4 is 29.1 Å². The molecule has 0 unspecified atom stereocenters. The van der Waals surface area contributed by atoms with Gasteiger partial charge >= 0.3 is 0 Å².